The smallest absolute Gasteiger partial charge is 0.133 e. The van der Waals surface area contributed by atoms with Crippen molar-refractivity contribution in [2.75, 3.05) is 6.54 Å². The van der Waals surface area contributed by atoms with Crippen LogP contribution in [0.25, 0.3) is 0 Å². The number of ether oxygens (including phenoxy) is 1. The predicted octanol–water partition coefficient (Wildman–Crippen LogP) is 4.35. The minimum Gasteiger partial charge on any atom is -0.457 e. The molecule has 0 saturated heterocycles. The average Bonchev–Trinajstić information content (AvgIpc) is 2.39. The van der Waals surface area contributed by atoms with E-state index in [1.165, 1.54) is 0 Å². The molecule has 18 heavy (non-hydrogen) atoms. The monoisotopic (exact) mass is 305 g/mol. The van der Waals surface area contributed by atoms with Crippen LogP contribution in [0.15, 0.2) is 53.0 Å². The van der Waals surface area contributed by atoms with Crippen molar-refractivity contribution in [1.82, 2.24) is 5.32 Å². The van der Waals surface area contributed by atoms with E-state index < -0.39 is 0 Å². The van der Waals surface area contributed by atoms with E-state index in [0.717, 1.165) is 34.6 Å². The first-order chi connectivity index (χ1) is 8.79. The van der Waals surface area contributed by atoms with Crippen LogP contribution in [0.3, 0.4) is 0 Å². The molecule has 0 spiro atoms. The Morgan fingerprint density at radius 3 is 2.61 bits per heavy atom. The third-order valence-corrected chi connectivity index (χ3v) is 3.06. The van der Waals surface area contributed by atoms with Gasteiger partial charge < -0.3 is 10.1 Å². The summed E-state index contributed by atoms with van der Waals surface area (Å²) in [6.07, 6.45) is 0. The Kier molecular flexibility index (Phi) is 4.79. The topological polar surface area (TPSA) is 21.3 Å². The summed E-state index contributed by atoms with van der Waals surface area (Å²) in [5.74, 6) is 1.74. The third kappa shape index (κ3) is 3.59. The molecule has 0 atom stereocenters. The first-order valence-electron chi connectivity index (χ1n) is 6.01. The molecule has 0 aliphatic rings. The average molecular weight is 306 g/mol. The lowest BCUT2D eigenvalue weighted by Gasteiger charge is -2.12. The van der Waals surface area contributed by atoms with Gasteiger partial charge >= 0.3 is 0 Å². The van der Waals surface area contributed by atoms with Gasteiger partial charge in [0.15, 0.2) is 0 Å². The molecule has 1 N–H and O–H groups in total. The lowest BCUT2D eigenvalue weighted by Crippen LogP contribution is -2.12. The largest absolute Gasteiger partial charge is 0.457 e. The minimum absolute atomic E-state index is 0.811. The quantitative estimate of drug-likeness (QED) is 0.886. The van der Waals surface area contributed by atoms with Crippen LogP contribution in [0.4, 0.5) is 0 Å². The Morgan fingerprint density at radius 2 is 1.89 bits per heavy atom. The molecule has 94 valence electrons. The van der Waals surface area contributed by atoms with Crippen LogP contribution in [-0.2, 0) is 6.54 Å². The van der Waals surface area contributed by atoms with Crippen LogP contribution in [0.5, 0.6) is 11.5 Å². The Hall–Kier alpha value is -1.32. The van der Waals surface area contributed by atoms with Gasteiger partial charge in [-0.15, -0.1) is 0 Å². The molecule has 0 aromatic heterocycles. The lowest BCUT2D eigenvalue weighted by atomic mass is 10.2. The van der Waals surface area contributed by atoms with Crippen LogP contribution < -0.4 is 10.1 Å². The first kappa shape index (κ1) is 13.1. The number of nitrogens with one attached hydrogen (secondary N) is 1. The zero-order valence-corrected chi connectivity index (χ0v) is 11.9. The van der Waals surface area contributed by atoms with Gasteiger partial charge in [0.2, 0.25) is 0 Å². The highest BCUT2D eigenvalue weighted by Crippen LogP contribution is 2.28. The van der Waals surface area contributed by atoms with Gasteiger partial charge in [-0.25, -0.2) is 0 Å². The number of halogens is 1. The summed E-state index contributed by atoms with van der Waals surface area (Å²) in [5, 5.41) is 3.31. The maximum Gasteiger partial charge on any atom is 0.133 e. The van der Waals surface area contributed by atoms with Gasteiger partial charge in [-0.2, -0.15) is 0 Å². The zero-order chi connectivity index (χ0) is 12.8. The van der Waals surface area contributed by atoms with E-state index in [2.05, 4.69) is 34.2 Å². The van der Waals surface area contributed by atoms with E-state index in [0.29, 0.717) is 0 Å². The molecule has 0 fully saturated rings. The van der Waals surface area contributed by atoms with Crippen molar-refractivity contribution >= 4 is 15.9 Å². The summed E-state index contributed by atoms with van der Waals surface area (Å²) in [7, 11) is 0. The SMILES string of the molecule is CCNCc1ccc(Br)cc1Oc1ccccc1. The van der Waals surface area contributed by atoms with Crippen LogP contribution in [-0.4, -0.2) is 6.54 Å². The fourth-order valence-corrected chi connectivity index (χ4v) is 1.98. The van der Waals surface area contributed by atoms with Gasteiger partial charge in [0.25, 0.3) is 0 Å². The number of hydrogen-bond acceptors (Lipinski definition) is 2. The van der Waals surface area contributed by atoms with Gasteiger partial charge in [0.05, 0.1) is 0 Å². The molecule has 2 nitrogen and oxygen atoms in total. The van der Waals surface area contributed by atoms with E-state index in [1.807, 2.05) is 42.5 Å². The van der Waals surface area contributed by atoms with Crippen molar-refractivity contribution in [2.24, 2.45) is 0 Å². The van der Waals surface area contributed by atoms with Crippen molar-refractivity contribution in [3.8, 4) is 11.5 Å². The molecule has 0 radical (unpaired) electrons. The van der Waals surface area contributed by atoms with Crippen molar-refractivity contribution in [1.29, 1.82) is 0 Å². The second-order valence-electron chi connectivity index (χ2n) is 3.95. The van der Waals surface area contributed by atoms with E-state index in [1.54, 1.807) is 0 Å². The summed E-state index contributed by atoms with van der Waals surface area (Å²) in [6, 6.07) is 15.9. The molecule has 0 heterocycles. The normalized spacial score (nSPS) is 10.3. The molecule has 0 aliphatic carbocycles. The highest BCUT2D eigenvalue weighted by atomic mass is 79.9. The molecular weight excluding hydrogens is 290 g/mol. The van der Waals surface area contributed by atoms with Crippen LogP contribution in [0.2, 0.25) is 0 Å². The summed E-state index contributed by atoms with van der Waals surface area (Å²) in [5.41, 5.74) is 1.16. The lowest BCUT2D eigenvalue weighted by molar-refractivity contribution is 0.473. The Bertz CT molecular complexity index is 499. The van der Waals surface area contributed by atoms with Crippen LogP contribution in [0, 0.1) is 0 Å². The molecular formula is C15H16BrNO. The fourth-order valence-electron chi connectivity index (χ4n) is 1.64. The molecule has 0 aliphatic heterocycles. The van der Waals surface area contributed by atoms with E-state index >= 15 is 0 Å². The van der Waals surface area contributed by atoms with Crippen LogP contribution >= 0.6 is 15.9 Å². The number of rotatable bonds is 5. The maximum absolute atomic E-state index is 5.92. The number of benzene rings is 2. The second-order valence-corrected chi connectivity index (χ2v) is 4.86. The van der Waals surface area contributed by atoms with E-state index in [-0.39, 0.29) is 0 Å². The first-order valence-corrected chi connectivity index (χ1v) is 6.81. The Balaban J connectivity index is 2.22. The summed E-state index contributed by atoms with van der Waals surface area (Å²) >= 11 is 3.48. The van der Waals surface area contributed by atoms with Gasteiger partial charge in [-0.3, -0.25) is 0 Å². The zero-order valence-electron chi connectivity index (χ0n) is 10.3. The molecule has 0 unspecified atom stereocenters. The molecule has 2 rings (SSSR count). The fraction of sp³-hybridized carbons (Fsp3) is 0.200. The molecule has 0 amide bonds. The molecule has 2 aromatic rings. The highest BCUT2D eigenvalue weighted by Gasteiger charge is 2.05. The highest BCUT2D eigenvalue weighted by molar-refractivity contribution is 9.10. The van der Waals surface area contributed by atoms with Crippen molar-refractivity contribution in [3.63, 3.8) is 0 Å². The van der Waals surface area contributed by atoms with Gasteiger partial charge in [0.1, 0.15) is 11.5 Å². The van der Waals surface area contributed by atoms with Crippen molar-refractivity contribution in [3.05, 3.63) is 58.6 Å². The number of hydrogen-bond donors (Lipinski definition) is 1. The second kappa shape index (κ2) is 6.57. The summed E-state index contributed by atoms with van der Waals surface area (Å²) < 4.78 is 6.94. The van der Waals surface area contributed by atoms with Gasteiger partial charge in [-0.1, -0.05) is 47.1 Å². The minimum atomic E-state index is 0.811. The molecule has 3 heteroatoms. The predicted molar refractivity (Wildman–Crippen MR) is 78.0 cm³/mol. The van der Waals surface area contributed by atoms with Gasteiger partial charge in [-0.05, 0) is 30.8 Å². The molecule has 0 bridgehead atoms. The molecule has 2 aromatic carbocycles. The maximum atomic E-state index is 5.92. The van der Waals surface area contributed by atoms with E-state index in [9.17, 15) is 0 Å². The standard InChI is InChI=1S/C15H16BrNO/c1-2-17-11-12-8-9-13(16)10-15(12)18-14-6-4-3-5-7-14/h3-10,17H,2,11H2,1H3. The number of para-hydroxylation sites is 1. The summed E-state index contributed by atoms with van der Waals surface area (Å²) in [6.45, 7) is 3.85. The van der Waals surface area contributed by atoms with Crippen molar-refractivity contribution in [2.45, 2.75) is 13.5 Å². The Labute approximate surface area is 116 Å². The summed E-state index contributed by atoms with van der Waals surface area (Å²) in [4.78, 5) is 0. The third-order valence-electron chi connectivity index (χ3n) is 2.57. The molecule has 0 saturated carbocycles. The Morgan fingerprint density at radius 1 is 1.11 bits per heavy atom. The van der Waals surface area contributed by atoms with Crippen molar-refractivity contribution < 1.29 is 4.74 Å². The van der Waals surface area contributed by atoms with E-state index in [4.69, 9.17) is 4.74 Å². The van der Waals surface area contributed by atoms with Gasteiger partial charge in [0, 0.05) is 16.6 Å². The van der Waals surface area contributed by atoms with Crippen LogP contribution in [0.1, 0.15) is 12.5 Å².